The highest BCUT2D eigenvalue weighted by Gasteiger charge is 2.37. The van der Waals surface area contributed by atoms with E-state index in [0.29, 0.717) is 37.6 Å². The van der Waals surface area contributed by atoms with E-state index < -0.39 is 0 Å². The first-order valence-electron chi connectivity index (χ1n) is 8.42. The number of carbonyl (C=O) groups excluding carboxylic acids is 2. The molecule has 5 nitrogen and oxygen atoms in total. The van der Waals surface area contributed by atoms with E-state index in [1.54, 1.807) is 4.90 Å². The Morgan fingerprint density at radius 3 is 3.00 bits per heavy atom. The van der Waals surface area contributed by atoms with Gasteiger partial charge >= 0.3 is 0 Å². The summed E-state index contributed by atoms with van der Waals surface area (Å²) in [7, 11) is 0. The quantitative estimate of drug-likeness (QED) is 0.909. The van der Waals surface area contributed by atoms with Crippen molar-refractivity contribution in [1.29, 1.82) is 0 Å². The van der Waals surface area contributed by atoms with Crippen LogP contribution in [0.3, 0.4) is 0 Å². The number of likely N-dealkylation sites (tertiary alicyclic amines) is 1. The van der Waals surface area contributed by atoms with Crippen LogP contribution in [-0.2, 0) is 22.6 Å². The van der Waals surface area contributed by atoms with Gasteiger partial charge in [-0.1, -0.05) is 11.6 Å². The van der Waals surface area contributed by atoms with Gasteiger partial charge in [0.2, 0.25) is 11.8 Å². The molecule has 3 heterocycles. The largest absolute Gasteiger partial charge is 0.358 e. The Bertz CT molecular complexity index is 829. The van der Waals surface area contributed by atoms with E-state index in [-0.39, 0.29) is 17.7 Å². The first-order chi connectivity index (χ1) is 11.6. The van der Waals surface area contributed by atoms with Crippen molar-refractivity contribution in [3.8, 4) is 0 Å². The Hall–Kier alpha value is -2.01. The number of hydrogen-bond acceptors (Lipinski definition) is 2. The third-order valence-corrected chi connectivity index (χ3v) is 5.43. The molecular weight excluding hydrogens is 326 g/mol. The highest BCUT2D eigenvalue weighted by molar-refractivity contribution is 6.31. The second-order valence-corrected chi connectivity index (χ2v) is 7.05. The minimum Gasteiger partial charge on any atom is -0.358 e. The molecule has 0 aliphatic carbocycles. The Balaban J connectivity index is 1.58. The van der Waals surface area contributed by atoms with Crippen molar-refractivity contribution in [2.75, 3.05) is 19.6 Å². The molecule has 1 aromatic heterocycles. The summed E-state index contributed by atoms with van der Waals surface area (Å²) in [6.07, 6.45) is 1.15. The molecule has 2 aromatic rings. The zero-order valence-corrected chi connectivity index (χ0v) is 14.4. The van der Waals surface area contributed by atoms with Crippen LogP contribution < -0.4 is 0 Å². The molecular formula is C18H20ClN3O2. The number of rotatable bonds is 2. The lowest BCUT2D eigenvalue weighted by molar-refractivity contribution is -0.136. The van der Waals surface area contributed by atoms with Gasteiger partial charge in [-0.25, -0.2) is 0 Å². The van der Waals surface area contributed by atoms with E-state index in [0.717, 1.165) is 22.9 Å². The van der Waals surface area contributed by atoms with Crippen LogP contribution in [0.15, 0.2) is 18.2 Å². The van der Waals surface area contributed by atoms with E-state index in [2.05, 4.69) is 4.98 Å². The van der Waals surface area contributed by atoms with Crippen LogP contribution in [0.1, 0.15) is 24.6 Å². The first-order valence-corrected chi connectivity index (χ1v) is 8.80. The Kier molecular flexibility index (Phi) is 3.76. The SMILES string of the molecule is CCN1C[C@@H](C(=O)N2CCc3[nH]c4ccc(Cl)cc4c3C2)CC1=O. The van der Waals surface area contributed by atoms with Gasteiger partial charge in [0.25, 0.3) is 0 Å². The molecule has 1 atom stereocenters. The van der Waals surface area contributed by atoms with Crippen LogP contribution in [0.5, 0.6) is 0 Å². The number of nitrogens with one attached hydrogen (secondary N) is 1. The lowest BCUT2D eigenvalue weighted by Gasteiger charge is -2.29. The number of fused-ring (bicyclic) bond motifs is 3. The molecule has 0 saturated carbocycles. The minimum atomic E-state index is -0.201. The summed E-state index contributed by atoms with van der Waals surface area (Å²) < 4.78 is 0. The smallest absolute Gasteiger partial charge is 0.228 e. The molecule has 0 spiro atoms. The fourth-order valence-electron chi connectivity index (χ4n) is 3.88. The molecule has 4 rings (SSSR count). The average Bonchev–Trinajstić information content (AvgIpc) is 3.13. The number of H-pyrrole nitrogens is 1. The zero-order chi connectivity index (χ0) is 16.8. The fraction of sp³-hybridized carbons (Fsp3) is 0.444. The summed E-state index contributed by atoms with van der Waals surface area (Å²) in [5, 5.41) is 1.79. The minimum absolute atomic E-state index is 0.0902. The van der Waals surface area contributed by atoms with E-state index in [1.165, 1.54) is 5.69 Å². The molecule has 126 valence electrons. The van der Waals surface area contributed by atoms with E-state index >= 15 is 0 Å². The number of aromatic amines is 1. The number of carbonyl (C=O) groups is 2. The van der Waals surface area contributed by atoms with Crippen LogP contribution in [-0.4, -0.2) is 46.2 Å². The highest BCUT2D eigenvalue weighted by atomic mass is 35.5. The molecule has 6 heteroatoms. The van der Waals surface area contributed by atoms with Gasteiger partial charge in [-0.15, -0.1) is 0 Å². The van der Waals surface area contributed by atoms with Gasteiger partial charge in [-0.3, -0.25) is 9.59 Å². The molecule has 2 amide bonds. The Morgan fingerprint density at radius 2 is 2.25 bits per heavy atom. The molecule has 1 saturated heterocycles. The van der Waals surface area contributed by atoms with Gasteiger partial charge < -0.3 is 14.8 Å². The number of benzene rings is 1. The molecule has 1 fully saturated rings. The number of halogens is 1. The van der Waals surface area contributed by atoms with E-state index in [9.17, 15) is 9.59 Å². The third kappa shape index (κ3) is 2.47. The van der Waals surface area contributed by atoms with Gasteiger partial charge in [0.1, 0.15) is 0 Å². The molecule has 0 bridgehead atoms. The molecule has 24 heavy (non-hydrogen) atoms. The van der Waals surface area contributed by atoms with E-state index in [1.807, 2.05) is 30.0 Å². The fourth-order valence-corrected chi connectivity index (χ4v) is 4.05. The monoisotopic (exact) mass is 345 g/mol. The average molecular weight is 346 g/mol. The van der Waals surface area contributed by atoms with Crippen molar-refractivity contribution in [3.63, 3.8) is 0 Å². The van der Waals surface area contributed by atoms with Crippen LogP contribution in [0.25, 0.3) is 10.9 Å². The summed E-state index contributed by atoms with van der Waals surface area (Å²) in [6, 6.07) is 5.81. The maximum Gasteiger partial charge on any atom is 0.228 e. The molecule has 0 radical (unpaired) electrons. The highest BCUT2D eigenvalue weighted by Crippen LogP contribution is 2.31. The summed E-state index contributed by atoms with van der Waals surface area (Å²) >= 11 is 6.13. The molecule has 0 unspecified atom stereocenters. The van der Waals surface area contributed by atoms with Crippen molar-refractivity contribution < 1.29 is 9.59 Å². The standard InChI is InChI=1S/C18H20ClN3O2/c1-2-21-9-11(7-17(21)23)18(24)22-6-5-16-14(10-22)13-8-12(19)3-4-15(13)20-16/h3-4,8,11,20H,2,5-7,9-10H2,1H3/t11-/m0/s1. The van der Waals surface area contributed by atoms with E-state index in [4.69, 9.17) is 11.6 Å². The van der Waals surface area contributed by atoms with Crippen LogP contribution >= 0.6 is 11.6 Å². The van der Waals surface area contributed by atoms with Gasteiger partial charge in [0, 0.05) is 66.2 Å². The number of hydrogen-bond donors (Lipinski definition) is 1. The number of nitrogens with zero attached hydrogens (tertiary/aromatic N) is 2. The summed E-state index contributed by atoms with van der Waals surface area (Å²) in [5.41, 5.74) is 3.41. The van der Waals surface area contributed by atoms with Crippen molar-refractivity contribution in [3.05, 3.63) is 34.5 Å². The van der Waals surface area contributed by atoms with Gasteiger partial charge in [-0.2, -0.15) is 0 Å². The zero-order valence-electron chi connectivity index (χ0n) is 13.6. The molecule has 1 aromatic carbocycles. The normalized spacial score (nSPS) is 20.8. The van der Waals surface area contributed by atoms with Crippen molar-refractivity contribution in [2.24, 2.45) is 5.92 Å². The molecule has 2 aliphatic heterocycles. The maximum absolute atomic E-state index is 12.9. The molecule has 1 N–H and O–H groups in total. The topological polar surface area (TPSA) is 56.4 Å². The second-order valence-electron chi connectivity index (χ2n) is 6.62. The molecule has 2 aliphatic rings. The Labute approximate surface area is 145 Å². The predicted molar refractivity (Wildman–Crippen MR) is 92.8 cm³/mol. The second kappa shape index (κ2) is 5.81. The van der Waals surface area contributed by atoms with Crippen LogP contribution in [0.4, 0.5) is 0 Å². The maximum atomic E-state index is 12.9. The predicted octanol–water partition coefficient (Wildman–Crippen LogP) is 2.57. The first kappa shape index (κ1) is 15.5. The van der Waals surface area contributed by atoms with Gasteiger partial charge in [-0.05, 0) is 25.1 Å². The summed E-state index contributed by atoms with van der Waals surface area (Å²) in [5.74, 6) is -0.0125. The third-order valence-electron chi connectivity index (χ3n) is 5.19. The lowest BCUT2D eigenvalue weighted by atomic mass is 10.0. The van der Waals surface area contributed by atoms with Crippen LogP contribution in [0.2, 0.25) is 5.02 Å². The Morgan fingerprint density at radius 1 is 1.42 bits per heavy atom. The number of aromatic nitrogens is 1. The van der Waals surface area contributed by atoms with Gasteiger partial charge in [0.05, 0.1) is 5.92 Å². The van der Waals surface area contributed by atoms with Crippen molar-refractivity contribution in [1.82, 2.24) is 14.8 Å². The number of amides is 2. The van der Waals surface area contributed by atoms with Gasteiger partial charge in [0.15, 0.2) is 0 Å². The van der Waals surface area contributed by atoms with Crippen molar-refractivity contribution >= 4 is 34.3 Å². The summed E-state index contributed by atoms with van der Waals surface area (Å²) in [6.45, 7) is 4.47. The van der Waals surface area contributed by atoms with Crippen LogP contribution in [0, 0.1) is 5.92 Å². The summed E-state index contributed by atoms with van der Waals surface area (Å²) in [4.78, 5) is 31.9. The lowest BCUT2D eigenvalue weighted by Crippen LogP contribution is -2.40. The van der Waals surface area contributed by atoms with Crippen molar-refractivity contribution in [2.45, 2.75) is 26.3 Å².